The highest BCUT2D eigenvalue weighted by atomic mass is 28.3. The molecule has 0 aliphatic rings. The van der Waals surface area contributed by atoms with Crippen molar-refractivity contribution in [3.63, 3.8) is 0 Å². The van der Waals surface area contributed by atoms with Crippen LogP contribution in [0.15, 0.2) is 42.5 Å². The Bertz CT molecular complexity index is 875. The van der Waals surface area contributed by atoms with Crippen molar-refractivity contribution in [2.24, 2.45) is 0 Å². The second-order valence-corrected chi connectivity index (χ2v) is 9.18. The van der Waals surface area contributed by atoms with Crippen molar-refractivity contribution in [2.45, 2.75) is 26.1 Å². The molecule has 0 spiro atoms. The van der Waals surface area contributed by atoms with E-state index in [1.54, 1.807) is 12.1 Å². The van der Waals surface area contributed by atoms with Crippen molar-refractivity contribution in [3.8, 4) is 5.75 Å². The van der Waals surface area contributed by atoms with E-state index in [1.165, 1.54) is 24.3 Å². The first-order valence-electron chi connectivity index (χ1n) is 9.05. The molecule has 0 aliphatic carbocycles. The molecule has 2 aromatic carbocycles. The zero-order chi connectivity index (χ0) is 21.6. The van der Waals surface area contributed by atoms with E-state index >= 15 is 0 Å². The molecule has 2 rings (SSSR count). The predicted octanol–water partition coefficient (Wildman–Crippen LogP) is 3.69. The second-order valence-electron chi connectivity index (χ2n) is 6.76. The number of aromatic hydroxyl groups is 1. The zero-order valence-electron chi connectivity index (χ0n) is 16.5. The molecule has 29 heavy (non-hydrogen) atoms. The lowest BCUT2D eigenvalue weighted by Crippen LogP contribution is -2.45. The highest BCUT2D eigenvalue weighted by molar-refractivity contribution is 6.56. The molecule has 0 bridgehead atoms. The summed E-state index contributed by atoms with van der Waals surface area (Å²) in [6.07, 6.45) is -1.36. The maximum Gasteiger partial charge on any atom is 0.416 e. The summed E-state index contributed by atoms with van der Waals surface area (Å²) < 4.78 is 38.3. The average molecular weight is 422 g/mol. The van der Waals surface area contributed by atoms with Gasteiger partial charge in [-0.15, -0.1) is 0 Å². The van der Waals surface area contributed by atoms with E-state index in [9.17, 15) is 23.1 Å². The molecule has 155 valence electrons. The number of carbonyl (C=O) groups is 1. The molecule has 8 heteroatoms. The normalized spacial score (nSPS) is 12.0. The molecular formula is C21H24F3N2O2Si. The number of phenols is 1. The Morgan fingerprint density at radius 2 is 1.83 bits per heavy atom. The monoisotopic (exact) mass is 421 g/mol. The molecule has 0 aromatic heterocycles. The van der Waals surface area contributed by atoms with E-state index in [0.29, 0.717) is 11.7 Å². The molecule has 1 amide bonds. The molecule has 0 saturated carbocycles. The lowest BCUT2D eigenvalue weighted by atomic mass is 10.0. The van der Waals surface area contributed by atoms with Crippen LogP contribution in [0, 0.1) is 13.8 Å². The maximum absolute atomic E-state index is 12.8. The molecule has 2 aromatic rings. The molecule has 0 heterocycles. The largest absolute Gasteiger partial charge is 0.508 e. The number of nitrogens with one attached hydrogen (secondary N) is 2. The Labute approximate surface area is 170 Å². The number of phenolic OH excluding ortho intramolecular Hbond substituents is 1. The minimum absolute atomic E-state index is 0.231. The summed E-state index contributed by atoms with van der Waals surface area (Å²) in [5.74, 6) is -0.130. The fourth-order valence-corrected chi connectivity index (χ4v) is 4.80. The maximum atomic E-state index is 12.8. The number of amides is 1. The Kier molecular flexibility index (Phi) is 7.64. The van der Waals surface area contributed by atoms with Crippen LogP contribution in [0.1, 0.15) is 27.8 Å². The second kappa shape index (κ2) is 9.75. The van der Waals surface area contributed by atoms with Crippen molar-refractivity contribution in [1.82, 2.24) is 10.3 Å². The van der Waals surface area contributed by atoms with Gasteiger partial charge in [0.1, 0.15) is 5.75 Å². The van der Waals surface area contributed by atoms with Gasteiger partial charge in [0.2, 0.25) is 5.91 Å². The molecular weight excluding hydrogens is 397 g/mol. The van der Waals surface area contributed by atoms with Gasteiger partial charge in [-0.1, -0.05) is 12.1 Å². The summed E-state index contributed by atoms with van der Waals surface area (Å²) >= 11 is 0. The summed E-state index contributed by atoms with van der Waals surface area (Å²) in [6.45, 7) is 3.88. The van der Waals surface area contributed by atoms with Gasteiger partial charge in [0, 0.05) is 12.2 Å². The number of hydrogen-bond acceptors (Lipinski definition) is 3. The first kappa shape index (κ1) is 22.7. The van der Waals surface area contributed by atoms with Crippen LogP contribution in [0.5, 0.6) is 5.75 Å². The quantitative estimate of drug-likeness (QED) is 0.472. The Hall–Kier alpha value is -2.58. The predicted molar refractivity (Wildman–Crippen MR) is 110 cm³/mol. The van der Waals surface area contributed by atoms with Crippen LogP contribution < -0.4 is 10.3 Å². The SMILES string of the molecule is CN[Si](CNC(=O)/C=C/c1cccc(C(F)(F)F)c1)Cc1c(C)cc(O)cc1C. The molecule has 0 fully saturated rings. The van der Waals surface area contributed by atoms with Gasteiger partial charge in [-0.2, -0.15) is 13.2 Å². The van der Waals surface area contributed by atoms with Gasteiger partial charge < -0.3 is 15.4 Å². The molecule has 3 N–H and O–H groups in total. The lowest BCUT2D eigenvalue weighted by molar-refractivity contribution is -0.137. The topological polar surface area (TPSA) is 61.4 Å². The lowest BCUT2D eigenvalue weighted by Gasteiger charge is -2.17. The number of halogens is 3. The van der Waals surface area contributed by atoms with Gasteiger partial charge in [-0.3, -0.25) is 4.79 Å². The molecule has 0 saturated heterocycles. The highest BCUT2D eigenvalue weighted by Gasteiger charge is 2.30. The summed E-state index contributed by atoms with van der Waals surface area (Å²) in [5.41, 5.74) is 2.69. The van der Waals surface area contributed by atoms with Crippen LogP contribution >= 0.6 is 0 Å². The molecule has 4 nitrogen and oxygen atoms in total. The van der Waals surface area contributed by atoms with Crippen LogP contribution in [0.4, 0.5) is 13.2 Å². The molecule has 0 aliphatic heterocycles. The fraction of sp³-hybridized carbons (Fsp3) is 0.286. The van der Waals surface area contributed by atoms with Gasteiger partial charge >= 0.3 is 6.18 Å². The van der Waals surface area contributed by atoms with E-state index in [4.69, 9.17) is 0 Å². The first-order valence-corrected chi connectivity index (χ1v) is 11.0. The Balaban J connectivity index is 1.96. The van der Waals surface area contributed by atoms with Gasteiger partial charge in [0.05, 0.1) is 5.56 Å². The summed E-state index contributed by atoms with van der Waals surface area (Å²) in [7, 11) is 0.695. The summed E-state index contributed by atoms with van der Waals surface area (Å²) in [4.78, 5) is 15.3. The van der Waals surface area contributed by atoms with Gasteiger partial charge in [-0.05, 0) is 79.5 Å². The molecule has 0 atom stereocenters. The van der Waals surface area contributed by atoms with Crippen molar-refractivity contribution >= 4 is 20.9 Å². The van der Waals surface area contributed by atoms with E-state index < -0.39 is 20.7 Å². The smallest absolute Gasteiger partial charge is 0.416 e. The van der Waals surface area contributed by atoms with Gasteiger partial charge in [0.15, 0.2) is 8.96 Å². The van der Waals surface area contributed by atoms with E-state index in [2.05, 4.69) is 10.3 Å². The number of alkyl halides is 3. The minimum atomic E-state index is -4.42. The highest BCUT2D eigenvalue weighted by Crippen LogP contribution is 2.29. The van der Waals surface area contributed by atoms with E-state index in [1.807, 2.05) is 20.9 Å². The van der Waals surface area contributed by atoms with E-state index in [0.717, 1.165) is 34.9 Å². The summed E-state index contributed by atoms with van der Waals surface area (Å²) in [6, 6.07) is 9.01. The Morgan fingerprint density at radius 3 is 2.41 bits per heavy atom. The number of rotatable bonds is 7. The van der Waals surface area contributed by atoms with Crippen molar-refractivity contribution in [2.75, 3.05) is 13.2 Å². The van der Waals surface area contributed by atoms with Crippen LogP contribution in [-0.2, 0) is 17.0 Å². The van der Waals surface area contributed by atoms with Crippen LogP contribution in [0.25, 0.3) is 6.08 Å². The van der Waals surface area contributed by atoms with Gasteiger partial charge in [-0.25, -0.2) is 0 Å². The average Bonchev–Trinajstić information content (AvgIpc) is 2.64. The molecule has 0 unspecified atom stereocenters. The zero-order valence-corrected chi connectivity index (χ0v) is 17.5. The first-order chi connectivity index (χ1) is 13.6. The summed E-state index contributed by atoms with van der Waals surface area (Å²) in [5, 5.41) is 12.5. The number of carbonyl (C=O) groups excluding carboxylic acids is 1. The third kappa shape index (κ3) is 6.76. The number of hydrogen-bond donors (Lipinski definition) is 3. The van der Waals surface area contributed by atoms with Gasteiger partial charge in [0.25, 0.3) is 0 Å². The van der Waals surface area contributed by atoms with Crippen molar-refractivity contribution in [3.05, 3.63) is 70.3 Å². The van der Waals surface area contributed by atoms with Crippen molar-refractivity contribution < 1.29 is 23.1 Å². The Morgan fingerprint density at radius 1 is 1.17 bits per heavy atom. The number of aryl methyl sites for hydroxylation is 2. The third-order valence-corrected chi connectivity index (χ3v) is 6.63. The molecule has 1 radical (unpaired) electrons. The van der Waals surface area contributed by atoms with Crippen LogP contribution in [-0.4, -0.2) is 33.2 Å². The fourth-order valence-electron chi connectivity index (χ4n) is 2.95. The minimum Gasteiger partial charge on any atom is -0.508 e. The number of benzene rings is 2. The van der Waals surface area contributed by atoms with E-state index in [-0.39, 0.29) is 11.7 Å². The standard InChI is InChI=1S/C21H24F3N2O2Si/c1-14-9-18(27)10-15(2)19(14)12-29(25-3)13-26-20(28)8-7-16-5-4-6-17(11-16)21(22,23)24/h4-11,25,27H,12-13H2,1-3H3,(H,26,28)/b8-7+. The van der Waals surface area contributed by atoms with Crippen LogP contribution in [0.2, 0.25) is 0 Å². The van der Waals surface area contributed by atoms with Crippen molar-refractivity contribution in [1.29, 1.82) is 0 Å². The third-order valence-electron chi connectivity index (χ3n) is 4.54. The van der Waals surface area contributed by atoms with Crippen LogP contribution in [0.3, 0.4) is 0 Å².